The van der Waals surface area contributed by atoms with Gasteiger partial charge in [0.05, 0.1) is 6.61 Å². The predicted octanol–water partition coefficient (Wildman–Crippen LogP) is 2.90. The van der Waals surface area contributed by atoms with E-state index in [2.05, 4.69) is 33.8 Å². The molecule has 2 N–H and O–H groups in total. The molecule has 0 radical (unpaired) electrons. The van der Waals surface area contributed by atoms with Crippen molar-refractivity contribution >= 4 is 40.7 Å². The minimum absolute atomic E-state index is 0. The molecule has 2 aromatic rings. The van der Waals surface area contributed by atoms with E-state index in [0.29, 0.717) is 18.1 Å². The molecule has 5 nitrogen and oxygen atoms in total. The van der Waals surface area contributed by atoms with Crippen LogP contribution in [-0.4, -0.2) is 42.7 Å². The fraction of sp³-hybridized carbons (Fsp3) is 0.381. The van der Waals surface area contributed by atoms with Crippen LogP contribution < -0.4 is 15.4 Å². The predicted molar refractivity (Wildman–Crippen MR) is 127 cm³/mol. The van der Waals surface area contributed by atoms with Crippen molar-refractivity contribution < 1.29 is 8.95 Å². The molecule has 0 aliphatic carbocycles. The van der Waals surface area contributed by atoms with Crippen LogP contribution in [0.25, 0.3) is 0 Å². The van der Waals surface area contributed by atoms with Gasteiger partial charge in [-0.1, -0.05) is 42.5 Å². The van der Waals surface area contributed by atoms with Crippen LogP contribution in [0.2, 0.25) is 0 Å². The minimum Gasteiger partial charge on any atom is -0.493 e. The van der Waals surface area contributed by atoms with Gasteiger partial charge in [-0.2, -0.15) is 0 Å². The van der Waals surface area contributed by atoms with Crippen molar-refractivity contribution in [3.63, 3.8) is 0 Å². The maximum Gasteiger partial charge on any atom is 0.191 e. The summed E-state index contributed by atoms with van der Waals surface area (Å²) in [4.78, 5) is 4.23. The zero-order valence-corrected chi connectivity index (χ0v) is 19.3. The summed E-state index contributed by atoms with van der Waals surface area (Å²) in [6, 6.07) is 16.4. The van der Waals surface area contributed by atoms with Crippen molar-refractivity contribution in [3.05, 3.63) is 65.2 Å². The standard InChI is InChI=1S/C21H27N3O2S.HI/c1-22-21(24-12-14-27(25)16-18-5-3-2-4-6-18)23-11-9-17-7-8-20-19(15-17)10-13-26-20;/h2-8,15H,9-14,16H2,1H3,(H2,22,23,24);1H. The maximum atomic E-state index is 12.2. The Balaban J connectivity index is 0.00000280. The van der Waals surface area contributed by atoms with E-state index in [1.165, 1.54) is 11.1 Å². The van der Waals surface area contributed by atoms with Gasteiger partial charge >= 0.3 is 0 Å². The monoisotopic (exact) mass is 513 g/mol. The van der Waals surface area contributed by atoms with Crippen molar-refractivity contribution in [2.45, 2.75) is 18.6 Å². The molecular formula is C21H28IN3O2S. The molecule has 0 saturated carbocycles. The molecule has 0 fully saturated rings. The van der Waals surface area contributed by atoms with Crippen LogP contribution >= 0.6 is 24.0 Å². The van der Waals surface area contributed by atoms with Crippen LogP contribution in [0.4, 0.5) is 0 Å². The lowest BCUT2D eigenvalue weighted by atomic mass is 10.1. The molecule has 0 bridgehead atoms. The van der Waals surface area contributed by atoms with Crippen LogP contribution in [0.3, 0.4) is 0 Å². The van der Waals surface area contributed by atoms with E-state index in [9.17, 15) is 4.21 Å². The molecule has 0 aromatic heterocycles. The fourth-order valence-corrected chi connectivity index (χ4v) is 4.10. The van der Waals surface area contributed by atoms with Crippen molar-refractivity contribution in [2.24, 2.45) is 4.99 Å². The van der Waals surface area contributed by atoms with E-state index >= 15 is 0 Å². The molecule has 3 rings (SSSR count). The van der Waals surface area contributed by atoms with E-state index in [4.69, 9.17) is 4.74 Å². The van der Waals surface area contributed by atoms with Crippen LogP contribution in [-0.2, 0) is 29.4 Å². The Morgan fingerprint density at radius 1 is 1.11 bits per heavy atom. The second kappa shape index (κ2) is 12.1. The van der Waals surface area contributed by atoms with Crippen molar-refractivity contribution in [1.82, 2.24) is 10.6 Å². The number of hydrogen-bond donors (Lipinski definition) is 2. The van der Waals surface area contributed by atoms with Crippen LogP contribution in [0.15, 0.2) is 53.5 Å². The molecule has 1 aliphatic rings. The molecule has 152 valence electrons. The van der Waals surface area contributed by atoms with Gasteiger partial charge in [-0.3, -0.25) is 9.20 Å². The third-order valence-corrected chi connectivity index (χ3v) is 5.79. The summed E-state index contributed by atoms with van der Waals surface area (Å²) in [5.74, 6) is 2.96. The Hall–Kier alpha value is -1.61. The van der Waals surface area contributed by atoms with E-state index in [0.717, 1.165) is 43.3 Å². The smallest absolute Gasteiger partial charge is 0.191 e. The number of halogens is 1. The zero-order chi connectivity index (χ0) is 18.9. The Labute approximate surface area is 186 Å². The van der Waals surface area contributed by atoms with Crippen LogP contribution in [0.1, 0.15) is 16.7 Å². The Bertz CT molecular complexity index is 799. The van der Waals surface area contributed by atoms with Gasteiger partial charge in [0, 0.05) is 48.9 Å². The van der Waals surface area contributed by atoms with Gasteiger partial charge in [0.25, 0.3) is 0 Å². The Morgan fingerprint density at radius 3 is 2.68 bits per heavy atom. The van der Waals surface area contributed by atoms with Gasteiger partial charge in [0.2, 0.25) is 0 Å². The van der Waals surface area contributed by atoms with Crippen molar-refractivity contribution in [2.75, 3.05) is 32.5 Å². The Morgan fingerprint density at radius 2 is 1.89 bits per heavy atom. The summed E-state index contributed by atoms with van der Waals surface area (Å²) < 4.78 is 17.7. The molecule has 1 aliphatic heterocycles. The lowest BCUT2D eigenvalue weighted by molar-refractivity contribution is 0.357. The number of aliphatic imine (C=N–C) groups is 1. The molecule has 1 heterocycles. The largest absolute Gasteiger partial charge is 0.493 e. The second-order valence-electron chi connectivity index (χ2n) is 6.49. The Kier molecular flexibility index (Phi) is 9.77. The number of fused-ring (bicyclic) bond motifs is 1. The topological polar surface area (TPSA) is 62.7 Å². The summed E-state index contributed by atoms with van der Waals surface area (Å²) in [7, 11) is 0.871. The molecule has 7 heteroatoms. The van der Waals surface area contributed by atoms with Gasteiger partial charge in [0.15, 0.2) is 5.96 Å². The number of nitrogens with one attached hydrogen (secondary N) is 2. The third-order valence-electron chi connectivity index (χ3n) is 4.48. The molecule has 0 spiro atoms. The van der Waals surface area contributed by atoms with E-state index in [-0.39, 0.29) is 24.0 Å². The number of benzene rings is 2. The fourth-order valence-electron chi connectivity index (χ4n) is 3.06. The zero-order valence-electron chi connectivity index (χ0n) is 16.1. The third kappa shape index (κ3) is 7.09. The molecule has 0 amide bonds. The lowest BCUT2D eigenvalue weighted by Crippen LogP contribution is -2.40. The SMILES string of the molecule is CN=C(NCCc1ccc2c(c1)CCO2)NCCS(=O)Cc1ccccc1.I. The summed E-state index contributed by atoms with van der Waals surface area (Å²) in [5.41, 5.74) is 3.71. The molecule has 2 aromatic carbocycles. The summed E-state index contributed by atoms with van der Waals surface area (Å²) in [6.07, 6.45) is 1.92. The van der Waals surface area contributed by atoms with Crippen molar-refractivity contribution in [1.29, 1.82) is 0 Å². The first kappa shape index (κ1) is 22.7. The van der Waals surface area contributed by atoms with Crippen LogP contribution in [0.5, 0.6) is 5.75 Å². The maximum absolute atomic E-state index is 12.2. The van der Waals surface area contributed by atoms with Gasteiger partial charge in [-0.25, -0.2) is 0 Å². The van der Waals surface area contributed by atoms with Gasteiger partial charge < -0.3 is 15.4 Å². The number of guanidine groups is 1. The molecule has 28 heavy (non-hydrogen) atoms. The van der Waals surface area contributed by atoms with E-state index in [1.807, 2.05) is 30.3 Å². The number of ether oxygens (including phenoxy) is 1. The highest BCUT2D eigenvalue weighted by atomic mass is 127. The van der Waals surface area contributed by atoms with E-state index in [1.54, 1.807) is 7.05 Å². The highest BCUT2D eigenvalue weighted by molar-refractivity contribution is 14.0. The molecule has 0 saturated heterocycles. The summed E-state index contributed by atoms with van der Waals surface area (Å²) in [5, 5.41) is 6.56. The summed E-state index contributed by atoms with van der Waals surface area (Å²) >= 11 is 0. The van der Waals surface area contributed by atoms with Crippen molar-refractivity contribution in [3.8, 4) is 5.75 Å². The van der Waals surface area contributed by atoms with Gasteiger partial charge in [-0.15, -0.1) is 24.0 Å². The quantitative estimate of drug-likeness (QED) is 0.324. The first-order valence-corrected chi connectivity index (χ1v) is 10.8. The molecule has 1 atom stereocenters. The molecule has 1 unspecified atom stereocenters. The normalized spacial score (nSPS) is 13.8. The number of hydrogen-bond acceptors (Lipinski definition) is 3. The average molecular weight is 513 g/mol. The number of nitrogens with zero attached hydrogens (tertiary/aromatic N) is 1. The van der Waals surface area contributed by atoms with E-state index < -0.39 is 10.8 Å². The minimum atomic E-state index is -0.882. The lowest BCUT2D eigenvalue weighted by Gasteiger charge is -2.12. The number of rotatable bonds is 8. The highest BCUT2D eigenvalue weighted by Gasteiger charge is 2.11. The van der Waals surface area contributed by atoms with Gasteiger partial charge in [-0.05, 0) is 29.2 Å². The van der Waals surface area contributed by atoms with Gasteiger partial charge in [0.1, 0.15) is 5.75 Å². The first-order chi connectivity index (χ1) is 13.2. The first-order valence-electron chi connectivity index (χ1n) is 9.32. The molecular weight excluding hydrogens is 485 g/mol. The highest BCUT2D eigenvalue weighted by Crippen LogP contribution is 2.25. The average Bonchev–Trinajstić information content (AvgIpc) is 3.15. The van der Waals surface area contributed by atoms with Crippen LogP contribution in [0, 0.1) is 0 Å². The second-order valence-corrected chi connectivity index (χ2v) is 8.07. The summed E-state index contributed by atoms with van der Waals surface area (Å²) in [6.45, 7) is 2.22.